The molecule has 2 aliphatic rings. The van der Waals surface area contributed by atoms with Gasteiger partial charge in [0.1, 0.15) is 0 Å². The molecule has 0 saturated carbocycles. The first-order valence-corrected chi connectivity index (χ1v) is 12.2. The van der Waals surface area contributed by atoms with Crippen molar-refractivity contribution in [1.29, 1.82) is 0 Å². The summed E-state index contributed by atoms with van der Waals surface area (Å²) < 4.78 is 0. The molecule has 2 fully saturated rings. The number of amides is 3. The average Bonchev–Trinajstić information content (AvgIpc) is 3.38. The molecule has 0 spiro atoms. The van der Waals surface area contributed by atoms with Crippen LogP contribution in [0.1, 0.15) is 46.4 Å². The van der Waals surface area contributed by atoms with Gasteiger partial charge in [-0.05, 0) is 49.9 Å². The average molecular weight is 452 g/mol. The van der Waals surface area contributed by atoms with Gasteiger partial charge in [0.15, 0.2) is 0 Å². The van der Waals surface area contributed by atoms with Gasteiger partial charge < -0.3 is 15.1 Å². The quantitative estimate of drug-likeness (QED) is 0.683. The van der Waals surface area contributed by atoms with Crippen LogP contribution in [0.2, 0.25) is 0 Å². The van der Waals surface area contributed by atoms with Crippen LogP contribution < -0.4 is 5.32 Å². The van der Waals surface area contributed by atoms with Crippen LogP contribution in [0.4, 0.5) is 0 Å². The van der Waals surface area contributed by atoms with Gasteiger partial charge >= 0.3 is 0 Å². The molecule has 168 valence electrons. The van der Waals surface area contributed by atoms with Crippen LogP contribution in [0.5, 0.6) is 0 Å². The summed E-state index contributed by atoms with van der Waals surface area (Å²) in [6.45, 7) is 2.89. The Hall–Kier alpha value is -2.80. The van der Waals surface area contributed by atoms with Crippen molar-refractivity contribution in [3.05, 3.63) is 65.7 Å². The van der Waals surface area contributed by atoms with E-state index in [1.165, 1.54) is 11.8 Å². The summed E-state index contributed by atoms with van der Waals surface area (Å²) in [6, 6.07) is 16.8. The SMILES string of the molecule is O=C(NC1CCN(C(=O)c2ccccc2SCC(=O)N2CCCC2)CC1)c1ccccc1. The number of rotatable bonds is 6. The number of likely N-dealkylation sites (tertiary alicyclic amines) is 2. The summed E-state index contributed by atoms with van der Waals surface area (Å²) in [5, 5.41) is 3.08. The zero-order valence-electron chi connectivity index (χ0n) is 18.2. The molecule has 0 aromatic heterocycles. The summed E-state index contributed by atoms with van der Waals surface area (Å²) in [6.07, 6.45) is 3.61. The van der Waals surface area contributed by atoms with Gasteiger partial charge in [0.05, 0.1) is 11.3 Å². The first kappa shape index (κ1) is 22.4. The van der Waals surface area contributed by atoms with Crippen LogP contribution >= 0.6 is 11.8 Å². The van der Waals surface area contributed by atoms with Crippen molar-refractivity contribution >= 4 is 29.5 Å². The number of thioether (sulfide) groups is 1. The lowest BCUT2D eigenvalue weighted by Crippen LogP contribution is -2.46. The van der Waals surface area contributed by atoms with E-state index in [1.54, 1.807) is 12.1 Å². The molecule has 4 rings (SSSR count). The highest BCUT2D eigenvalue weighted by atomic mass is 32.2. The van der Waals surface area contributed by atoms with Crippen molar-refractivity contribution in [3.63, 3.8) is 0 Å². The molecule has 7 heteroatoms. The Morgan fingerprint density at radius 3 is 2.22 bits per heavy atom. The van der Waals surface area contributed by atoms with Crippen molar-refractivity contribution in [1.82, 2.24) is 15.1 Å². The first-order chi connectivity index (χ1) is 15.6. The summed E-state index contributed by atoms with van der Waals surface area (Å²) in [7, 11) is 0. The number of nitrogens with one attached hydrogen (secondary N) is 1. The summed E-state index contributed by atoms with van der Waals surface area (Å²) in [4.78, 5) is 42.6. The third-order valence-electron chi connectivity index (χ3n) is 6.08. The Morgan fingerprint density at radius 1 is 0.844 bits per heavy atom. The van der Waals surface area contributed by atoms with Gasteiger partial charge in [0, 0.05) is 42.7 Å². The fourth-order valence-corrected chi connectivity index (χ4v) is 5.17. The van der Waals surface area contributed by atoms with Gasteiger partial charge in [0.2, 0.25) is 5.91 Å². The molecule has 1 N–H and O–H groups in total. The summed E-state index contributed by atoms with van der Waals surface area (Å²) in [5.41, 5.74) is 1.30. The van der Waals surface area contributed by atoms with Crippen LogP contribution in [-0.2, 0) is 4.79 Å². The van der Waals surface area contributed by atoms with E-state index in [2.05, 4.69) is 5.32 Å². The lowest BCUT2D eigenvalue weighted by atomic mass is 10.0. The van der Waals surface area contributed by atoms with Gasteiger partial charge in [-0.2, -0.15) is 0 Å². The topological polar surface area (TPSA) is 69.7 Å². The third-order valence-corrected chi connectivity index (χ3v) is 7.14. The van der Waals surface area contributed by atoms with E-state index in [9.17, 15) is 14.4 Å². The Morgan fingerprint density at radius 2 is 1.50 bits per heavy atom. The van der Waals surface area contributed by atoms with Gasteiger partial charge in [0.25, 0.3) is 11.8 Å². The highest BCUT2D eigenvalue weighted by Gasteiger charge is 2.26. The van der Waals surface area contributed by atoms with Crippen molar-refractivity contribution in [3.8, 4) is 0 Å². The number of benzene rings is 2. The van der Waals surface area contributed by atoms with E-state index >= 15 is 0 Å². The van der Waals surface area contributed by atoms with E-state index in [0.717, 1.165) is 43.7 Å². The largest absolute Gasteiger partial charge is 0.349 e. The fraction of sp³-hybridized carbons (Fsp3) is 0.400. The summed E-state index contributed by atoms with van der Waals surface area (Å²) >= 11 is 1.45. The molecule has 2 saturated heterocycles. The zero-order chi connectivity index (χ0) is 22.3. The minimum Gasteiger partial charge on any atom is -0.349 e. The molecule has 2 aliphatic heterocycles. The maximum Gasteiger partial charge on any atom is 0.254 e. The first-order valence-electron chi connectivity index (χ1n) is 11.3. The number of carbonyl (C=O) groups excluding carboxylic acids is 3. The van der Waals surface area contributed by atoms with Crippen molar-refractivity contribution in [2.24, 2.45) is 0 Å². The number of piperidine rings is 1. The van der Waals surface area contributed by atoms with E-state index < -0.39 is 0 Å². The van der Waals surface area contributed by atoms with Crippen LogP contribution in [0.25, 0.3) is 0 Å². The summed E-state index contributed by atoms with van der Waals surface area (Å²) in [5.74, 6) is 0.428. The molecule has 6 nitrogen and oxygen atoms in total. The van der Waals surface area contributed by atoms with Crippen molar-refractivity contribution in [2.75, 3.05) is 31.9 Å². The van der Waals surface area contributed by atoms with Crippen molar-refractivity contribution in [2.45, 2.75) is 36.6 Å². The second-order valence-corrected chi connectivity index (χ2v) is 9.30. The Balaban J connectivity index is 1.31. The lowest BCUT2D eigenvalue weighted by Gasteiger charge is -2.32. The minimum atomic E-state index is -0.0696. The van der Waals surface area contributed by atoms with Crippen LogP contribution in [0.15, 0.2) is 59.5 Å². The van der Waals surface area contributed by atoms with Gasteiger partial charge in [-0.15, -0.1) is 11.8 Å². The van der Waals surface area contributed by atoms with Crippen LogP contribution in [0.3, 0.4) is 0 Å². The molecular formula is C25H29N3O3S. The molecule has 2 aromatic rings. The molecular weight excluding hydrogens is 422 g/mol. The standard InChI is InChI=1S/C25H29N3O3S/c29-23(27-14-6-7-15-27)18-32-22-11-5-4-10-21(22)25(31)28-16-12-20(13-17-28)26-24(30)19-8-2-1-3-9-19/h1-5,8-11,20H,6-7,12-18H2,(H,26,30). The molecule has 2 aromatic carbocycles. The molecule has 32 heavy (non-hydrogen) atoms. The van der Waals surface area contributed by atoms with Gasteiger partial charge in [-0.1, -0.05) is 30.3 Å². The smallest absolute Gasteiger partial charge is 0.254 e. The highest BCUT2D eigenvalue weighted by Crippen LogP contribution is 2.26. The normalized spacial score (nSPS) is 16.8. The number of carbonyl (C=O) groups is 3. The molecule has 2 heterocycles. The predicted octanol–water partition coefficient (Wildman–Crippen LogP) is 3.44. The Bertz CT molecular complexity index is 952. The van der Waals surface area contributed by atoms with E-state index in [4.69, 9.17) is 0 Å². The van der Waals surface area contributed by atoms with E-state index in [0.29, 0.717) is 30.0 Å². The number of nitrogens with zero attached hydrogens (tertiary/aromatic N) is 2. The highest BCUT2D eigenvalue weighted by molar-refractivity contribution is 8.00. The predicted molar refractivity (Wildman–Crippen MR) is 126 cm³/mol. The third kappa shape index (κ3) is 5.51. The molecule has 3 amide bonds. The van der Waals surface area contributed by atoms with Crippen LogP contribution in [-0.4, -0.2) is 65.5 Å². The lowest BCUT2D eigenvalue weighted by molar-refractivity contribution is -0.127. The van der Waals surface area contributed by atoms with E-state index in [1.807, 2.05) is 52.3 Å². The molecule has 0 atom stereocenters. The zero-order valence-corrected chi connectivity index (χ0v) is 19.0. The molecule has 0 bridgehead atoms. The number of hydrogen-bond donors (Lipinski definition) is 1. The number of hydrogen-bond acceptors (Lipinski definition) is 4. The maximum atomic E-state index is 13.2. The second kappa shape index (κ2) is 10.7. The second-order valence-electron chi connectivity index (χ2n) is 8.28. The molecule has 0 radical (unpaired) electrons. The van der Waals surface area contributed by atoms with Crippen LogP contribution in [0, 0.1) is 0 Å². The molecule has 0 unspecified atom stereocenters. The molecule has 0 aliphatic carbocycles. The van der Waals surface area contributed by atoms with Gasteiger partial charge in [-0.3, -0.25) is 14.4 Å². The minimum absolute atomic E-state index is 0.00504. The maximum absolute atomic E-state index is 13.2. The Labute approximate surface area is 193 Å². The monoisotopic (exact) mass is 451 g/mol. The van der Waals surface area contributed by atoms with Crippen molar-refractivity contribution < 1.29 is 14.4 Å². The van der Waals surface area contributed by atoms with E-state index in [-0.39, 0.29) is 23.8 Å². The Kier molecular flexibility index (Phi) is 7.47. The fourth-order valence-electron chi connectivity index (χ4n) is 4.22. The van der Waals surface area contributed by atoms with Gasteiger partial charge in [-0.25, -0.2) is 0 Å².